The summed E-state index contributed by atoms with van der Waals surface area (Å²) in [6.07, 6.45) is 1.12. The maximum atomic E-state index is 5.84. The SMILES string of the molecule is CCC(C)(C)c1ccc(OCc2ccc(N)cc2Br)cc1. The summed E-state index contributed by atoms with van der Waals surface area (Å²) in [7, 11) is 0. The number of hydrogen-bond acceptors (Lipinski definition) is 2. The standard InChI is InChI=1S/C18H22BrNO/c1-4-18(2,3)14-6-9-16(10-7-14)21-12-13-5-8-15(20)11-17(13)19/h5-11H,4,12,20H2,1-3H3. The highest BCUT2D eigenvalue weighted by Crippen LogP contribution is 2.28. The number of ether oxygens (including phenoxy) is 1. The van der Waals surface area contributed by atoms with Gasteiger partial charge in [-0.05, 0) is 41.7 Å². The van der Waals surface area contributed by atoms with Crippen LogP contribution in [0.2, 0.25) is 0 Å². The van der Waals surface area contributed by atoms with E-state index in [9.17, 15) is 0 Å². The van der Waals surface area contributed by atoms with Crippen LogP contribution in [0.4, 0.5) is 5.69 Å². The molecule has 0 saturated carbocycles. The van der Waals surface area contributed by atoms with Crippen molar-refractivity contribution in [3.63, 3.8) is 0 Å². The van der Waals surface area contributed by atoms with Crippen molar-refractivity contribution >= 4 is 21.6 Å². The summed E-state index contributed by atoms with van der Waals surface area (Å²) in [4.78, 5) is 0. The molecule has 0 fully saturated rings. The van der Waals surface area contributed by atoms with Crippen LogP contribution in [-0.4, -0.2) is 0 Å². The van der Waals surface area contributed by atoms with Crippen LogP contribution in [-0.2, 0) is 12.0 Å². The van der Waals surface area contributed by atoms with Crippen molar-refractivity contribution in [2.75, 3.05) is 5.73 Å². The third kappa shape index (κ3) is 4.01. The number of rotatable bonds is 5. The second-order valence-electron chi connectivity index (χ2n) is 5.90. The minimum absolute atomic E-state index is 0.207. The minimum Gasteiger partial charge on any atom is -0.489 e. The van der Waals surface area contributed by atoms with Gasteiger partial charge >= 0.3 is 0 Å². The zero-order valence-corrected chi connectivity index (χ0v) is 14.4. The molecule has 0 heterocycles. The van der Waals surface area contributed by atoms with Crippen LogP contribution in [0.15, 0.2) is 46.9 Å². The predicted octanol–water partition coefficient (Wildman–Crippen LogP) is 5.30. The van der Waals surface area contributed by atoms with E-state index in [1.165, 1.54) is 5.56 Å². The van der Waals surface area contributed by atoms with Gasteiger partial charge in [0, 0.05) is 15.7 Å². The van der Waals surface area contributed by atoms with E-state index in [4.69, 9.17) is 10.5 Å². The maximum absolute atomic E-state index is 5.84. The molecule has 0 aliphatic rings. The number of nitrogen functional groups attached to an aromatic ring is 1. The van der Waals surface area contributed by atoms with Crippen LogP contribution in [0.3, 0.4) is 0 Å². The summed E-state index contributed by atoms with van der Waals surface area (Å²) >= 11 is 3.51. The van der Waals surface area contributed by atoms with Crippen LogP contribution in [0.1, 0.15) is 38.3 Å². The predicted molar refractivity (Wildman–Crippen MR) is 92.6 cm³/mol. The van der Waals surface area contributed by atoms with Crippen molar-refractivity contribution in [3.8, 4) is 5.75 Å². The molecule has 112 valence electrons. The average molecular weight is 348 g/mol. The Morgan fingerprint density at radius 1 is 1.10 bits per heavy atom. The molecule has 2 nitrogen and oxygen atoms in total. The van der Waals surface area contributed by atoms with Gasteiger partial charge in [0.15, 0.2) is 0 Å². The molecule has 0 aliphatic carbocycles. The first kappa shape index (κ1) is 15.9. The molecule has 0 saturated heterocycles. The minimum atomic E-state index is 0.207. The number of benzene rings is 2. The van der Waals surface area contributed by atoms with Crippen molar-refractivity contribution in [2.24, 2.45) is 0 Å². The number of nitrogens with two attached hydrogens (primary N) is 1. The lowest BCUT2D eigenvalue weighted by molar-refractivity contribution is 0.305. The molecule has 0 amide bonds. The van der Waals surface area contributed by atoms with Crippen molar-refractivity contribution in [1.82, 2.24) is 0 Å². The normalized spacial score (nSPS) is 11.4. The van der Waals surface area contributed by atoms with Gasteiger partial charge in [-0.2, -0.15) is 0 Å². The summed E-state index contributed by atoms with van der Waals surface area (Å²) in [5.41, 5.74) is 9.11. The molecule has 2 aromatic rings. The van der Waals surface area contributed by atoms with Crippen LogP contribution in [0, 0.1) is 0 Å². The molecule has 2 rings (SSSR count). The van der Waals surface area contributed by atoms with E-state index in [1.54, 1.807) is 0 Å². The zero-order valence-electron chi connectivity index (χ0n) is 12.8. The van der Waals surface area contributed by atoms with Gasteiger partial charge in [-0.3, -0.25) is 0 Å². The van der Waals surface area contributed by atoms with Gasteiger partial charge in [0.05, 0.1) is 0 Å². The molecular formula is C18H22BrNO. The van der Waals surface area contributed by atoms with Gasteiger partial charge in [0.1, 0.15) is 12.4 Å². The lowest BCUT2D eigenvalue weighted by Gasteiger charge is -2.23. The number of hydrogen-bond donors (Lipinski definition) is 1. The van der Waals surface area contributed by atoms with Crippen molar-refractivity contribution in [2.45, 2.75) is 39.2 Å². The topological polar surface area (TPSA) is 35.2 Å². The summed E-state index contributed by atoms with van der Waals surface area (Å²) in [5.74, 6) is 0.884. The quantitative estimate of drug-likeness (QED) is 0.745. The Labute approximate surface area is 135 Å². The number of anilines is 1. The van der Waals surface area contributed by atoms with Gasteiger partial charge in [-0.1, -0.05) is 54.9 Å². The molecule has 0 spiro atoms. The van der Waals surface area contributed by atoms with Crippen LogP contribution < -0.4 is 10.5 Å². The van der Waals surface area contributed by atoms with Gasteiger partial charge in [0.25, 0.3) is 0 Å². The fourth-order valence-electron chi connectivity index (χ4n) is 2.05. The molecule has 0 aromatic heterocycles. The van der Waals surface area contributed by atoms with E-state index < -0.39 is 0 Å². The van der Waals surface area contributed by atoms with Crippen LogP contribution in [0.25, 0.3) is 0 Å². The molecule has 0 unspecified atom stereocenters. The Morgan fingerprint density at radius 3 is 2.33 bits per heavy atom. The molecule has 3 heteroatoms. The van der Waals surface area contributed by atoms with E-state index in [-0.39, 0.29) is 5.41 Å². The highest BCUT2D eigenvalue weighted by atomic mass is 79.9. The van der Waals surface area contributed by atoms with E-state index in [0.717, 1.165) is 27.9 Å². The molecule has 2 N–H and O–H groups in total. The van der Waals surface area contributed by atoms with Gasteiger partial charge in [-0.15, -0.1) is 0 Å². The van der Waals surface area contributed by atoms with Crippen LogP contribution >= 0.6 is 15.9 Å². The molecule has 21 heavy (non-hydrogen) atoms. The van der Waals surface area contributed by atoms with Crippen molar-refractivity contribution < 1.29 is 4.74 Å². The molecule has 0 radical (unpaired) electrons. The van der Waals surface area contributed by atoms with E-state index in [0.29, 0.717) is 6.61 Å². The lowest BCUT2D eigenvalue weighted by atomic mass is 9.82. The summed E-state index contributed by atoms with van der Waals surface area (Å²) in [5, 5.41) is 0. The second kappa shape index (κ2) is 6.52. The average Bonchev–Trinajstić information content (AvgIpc) is 2.47. The van der Waals surface area contributed by atoms with Gasteiger partial charge in [-0.25, -0.2) is 0 Å². The first-order valence-corrected chi connectivity index (χ1v) is 7.99. The molecule has 0 bridgehead atoms. The van der Waals surface area contributed by atoms with E-state index >= 15 is 0 Å². The highest BCUT2D eigenvalue weighted by molar-refractivity contribution is 9.10. The van der Waals surface area contributed by atoms with E-state index in [2.05, 4.69) is 48.8 Å². The van der Waals surface area contributed by atoms with Gasteiger partial charge < -0.3 is 10.5 Å². The monoisotopic (exact) mass is 347 g/mol. The first-order valence-electron chi connectivity index (χ1n) is 7.19. The lowest BCUT2D eigenvalue weighted by Crippen LogP contribution is -2.15. The highest BCUT2D eigenvalue weighted by Gasteiger charge is 2.17. The molecule has 0 aliphatic heterocycles. The fraction of sp³-hybridized carbons (Fsp3) is 0.333. The summed E-state index contributed by atoms with van der Waals surface area (Å²) < 4.78 is 6.82. The maximum Gasteiger partial charge on any atom is 0.119 e. The number of halogens is 1. The Balaban J connectivity index is 2.04. The third-order valence-electron chi connectivity index (χ3n) is 3.99. The van der Waals surface area contributed by atoms with Crippen molar-refractivity contribution in [3.05, 3.63) is 58.1 Å². The summed E-state index contributed by atoms with van der Waals surface area (Å²) in [6.45, 7) is 7.25. The third-order valence-corrected chi connectivity index (χ3v) is 4.73. The Morgan fingerprint density at radius 2 is 1.76 bits per heavy atom. The van der Waals surface area contributed by atoms with Crippen LogP contribution in [0.5, 0.6) is 5.75 Å². The smallest absolute Gasteiger partial charge is 0.119 e. The van der Waals surface area contributed by atoms with E-state index in [1.807, 2.05) is 30.3 Å². The largest absolute Gasteiger partial charge is 0.489 e. The molecule has 0 atom stereocenters. The molecular weight excluding hydrogens is 326 g/mol. The Bertz CT molecular complexity index is 605. The fourth-order valence-corrected chi connectivity index (χ4v) is 2.56. The van der Waals surface area contributed by atoms with Crippen molar-refractivity contribution in [1.29, 1.82) is 0 Å². The molecule has 2 aromatic carbocycles. The van der Waals surface area contributed by atoms with Gasteiger partial charge in [0.2, 0.25) is 0 Å². The Kier molecular flexibility index (Phi) is 4.94. The summed E-state index contributed by atoms with van der Waals surface area (Å²) in [6, 6.07) is 14.1. The second-order valence-corrected chi connectivity index (χ2v) is 6.76. The Hall–Kier alpha value is -1.48. The zero-order chi connectivity index (χ0) is 15.5. The first-order chi connectivity index (χ1) is 9.92.